The molecule has 0 bridgehead atoms. The zero-order valence-electron chi connectivity index (χ0n) is 12.6. The average molecular weight is 326 g/mol. The largest absolute Gasteiger partial charge is 0.435 e. The van der Waals surface area contributed by atoms with Crippen LogP contribution in [0.25, 0.3) is 0 Å². The lowest BCUT2D eigenvalue weighted by Crippen LogP contribution is -2.41. The van der Waals surface area contributed by atoms with Gasteiger partial charge in [-0.15, -0.1) is 0 Å². The van der Waals surface area contributed by atoms with Gasteiger partial charge in [0.05, 0.1) is 0 Å². The third kappa shape index (κ3) is 3.46. The van der Waals surface area contributed by atoms with E-state index in [0.29, 0.717) is 5.56 Å². The minimum Gasteiger partial charge on any atom is -0.435 e. The molecule has 1 fully saturated rings. The number of rotatable bonds is 6. The van der Waals surface area contributed by atoms with Crippen LogP contribution in [-0.2, 0) is 15.1 Å². The van der Waals surface area contributed by atoms with Crippen LogP contribution in [0.2, 0.25) is 0 Å². The fourth-order valence-corrected chi connectivity index (χ4v) is 2.33. The van der Waals surface area contributed by atoms with Crippen LogP contribution >= 0.6 is 0 Å². The molecule has 1 aromatic carbocycles. The molecule has 0 saturated carbocycles. The molecule has 0 aromatic heterocycles. The Morgan fingerprint density at radius 2 is 1.91 bits per heavy atom. The number of carbonyl (C=O) groups excluding carboxylic acids is 3. The summed E-state index contributed by atoms with van der Waals surface area (Å²) in [6, 6.07) is 4.87. The zero-order valence-corrected chi connectivity index (χ0v) is 12.6. The molecule has 1 saturated heterocycles. The van der Waals surface area contributed by atoms with Gasteiger partial charge >= 0.3 is 12.6 Å². The summed E-state index contributed by atoms with van der Waals surface area (Å²) in [7, 11) is 0. The van der Waals surface area contributed by atoms with Gasteiger partial charge in [-0.2, -0.15) is 8.78 Å². The van der Waals surface area contributed by atoms with Crippen molar-refractivity contribution in [3.63, 3.8) is 0 Å². The van der Waals surface area contributed by atoms with Crippen molar-refractivity contribution in [2.45, 2.75) is 32.4 Å². The van der Waals surface area contributed by atoms with Gasteiger partial charge < -0.3 is 10.1 Å². The van der Waals surface area contributed by atoms with Crippen LogP contribution in [0.4, 0.5) is 13.6 Å². The van der Waals surface area contributed by atoms with E-state index in [2.05, 4.69) is 10.1 Å². The van der Waals surface area contributed by atoms with Crippen molar-refractivity contribution in [2.75, 3.05) is 6.54 Å². The number of amides is 3. The molecule has 0 spiro atoms. The SMILES string of the molecule is CC(=O)CCN1C(=O)N[C@@](C)(c2ccc(OC(F)F)cc2)C1=O. The van der Waals surface area contributed by atoms with Crippen molar-refractivity contribution in [2.24, 2.45) is 0 Å². The summed E-state index contributed by atoms with van der Waals surface area (Å²) in [5.74, 6) is -0.670. The lowest BCUT2D eigenvalue weighted by molar-refractivity contribution is -0.131. The quantitative estimate of drug-likeness (QED) is 0.812. The number of ketones is 1. The van der Waals surface area contributed by atoms with Gasteiger partial charge in [-0.25, -0.2) is 4.79 Å². The molecule has 23 heavy (non-hydrogen) atoms. The van der Waals surface area contributed by atoms with Crippen LogP contribution in [0, 0.1) is 0 Å². The van der Waals surface area contributed by atoms with Gasteiger partial charge in [0.1, 0.15) is 17.1 Å². The molecule has 1 aliphatic rings. The van der Waals surface area contributed by atoms with E-state index in [4.69, 9.17) is 0 Å². The van der Waals surface area contributed by atoms with E-state index in [-0.39, 0.29) is 24.5 Å². The second kappa shape index (κ2) is 6.31. The predicted octanol–water partition coefficient (Wildman–Crippen LogP) is 2.03. The minimum atomic E-state index is -2.94. The fourth-order valence-electron chi connectivity index (χ4n) is 2.33. The predicted molar refractivity (Wildman–Crippen MR) is 76.0 cm³/mol. The Morgan fingerprint density at radius 1 is 1.30 bits per heavy atom. The van der Waals surface area contributed by atoms with E-state index in [0.717, 1.165) is 4.90 Å². The first kappa shape index (κ1) is 16.9. The summed E-state index contributed by atoms with van der Waals surface area (Å²) >= 11 is 0. The first-order valence-electron chi connectivity index (χ1n) is 6.93. The fraction of sp³-hybridized carbons (Fsp3) is 0.400. The van der Waals surface area contributed by atoms with Crippen LogP contribution < -0.4 is 10.1 Å². The van der Waals surface area contributed by atoms with Crippen LogP contribution in [0.1, 0.15) is 25.8 Å². The maximum absolute atomic E-state index is 12.5. The minimum absolute atomic E-state index is 0.00215. The number of urea groups is 1. The molecule has 2 rings (SSSR count). The molecule has 124 valence electrons. The highest BCUT2D eigenvalue weighted by Gasteiger charge is 2.48. The molecule has 0 unspecified atom stereocenters. The molecular weight excluding hydrogens is 310 g/mol. The van der Waals surface area contributed by atoms with Crippen molar-refractivity contribution >= 4 is 17.7 Å². The van der Waals surface area contributed by atoms with Gasteiger partial charge in [0, 0.05) is 13.0 Å². The highest BCUT2D eigenvalue weighted by atomic mass is 19.3. The Hall–Kier alpha value is -2.51. The highest BCUT2D eigenvalue weighted by molar-refractivity contribution is 6.07. The molecular formula is C15H16F2N2O4. The number of hydrogen-bond acceptors (Lipinski definition) is 4. The maximum atomic E-state index is 12.5. The zero-order chi connectivity index (χ0) is 17.2. The Bertz CT molecular complexity index is 633. The van der Waals surface area contributed by atoms with Gasteiger partial charge in [-0.1, -0.05) is 12.1 Å². The standard InChI is InChI=1S/C15H16F2N2O4/c1-9(20)7-8-19-12(21)15(2,18-14(19)22)10-3-5-11(6-4-10)23-13(16)17/h3-6,13H,7-8H2,1-2H3,(H,18,22)/t15-/m0/s1. The first-order chi connectivity index (χ1) is 10.7. The number of benzene rings is 1. The Balaban J connectivity index is 2.19. The number of carbonyl (C=O) groups is 3. The number of alkyl halides is 2. The molecule has 0 aliphatic carbocycles. The molecule has 1 N–H and O–H groups in total. The molecule has 1 heterocycles. The number of imide groups is 1. The summed E-state index contributed by atoms with van der Waals surface area (Å²) in [4.78, 5) is 36.5. The number of ether oxygens (including phenoxy) is 1. The van der Waals surface area contributed by atoms with Gasteiger partial charge in [0.25, 0.3) is 5.91 Å². The topological polar surface area (TPSA) is 75.7 Å². The molecule has 1 aromatic rings. The Labute approximate surface area is 131 Å². The molecule has 3 amide bonds. The van der Waals surface area contributed by atoms with Crippen LogP contribution in [0.5, 0.6) is 5.75 Å². The summed E-state index contributed by atoms with van der Waals surface area (Å²) in [6.07, 6.45) is 0.0798. The van der Waals surface area contributed by atoms with Crippen molar-refractivity contribution in [3.8, 4) is 5.75 Å². The van der Waals surface area contributed by atoms with Gasteiger partial charge in [0.15, 0.2) is 0 Å². The number of nitrogens with one attached hydrogen (secondary N) is 1. The van der Waals surface area contributed by atoms with Crippen molar-refractivity contribution in [3.05, 3.63) is 29.8 Å². The summed E-state index contributed by atoms with van der Waals surface area (Å²) in [5, 5.41) is 2.57. The van der Waals surface area contributed by atoms with Gasteiger partial charge in [-0.3, -0.25) is 14.5 Å². The van der Waals surface area contributed by atoms with E-state index < -0.39 is 24.1 Å². The smallest absolute Gasteiger partial charge is 0.387 e. The summed E-state index contributed by atoms with van der Waals surface area (Å²) < 4.78 is 28.5. The first-order valence-corrected chi connectivity index (χ1v) is 6.93. The van der Waals surface area contributed by atoms with E-state index in [1.54, 1.807) is 0 Å². The van der Waals surface area contributed by atoms with Crippen LogP contribution in [0.3, 0.4) is 0 Å². The van der Waals surface area contributed by atoms with E-state index in [1.165, 1.54) is 38.1 Å². The van der Waals surface area contributed by atoms with E-state index in [1.807, 2.05) is 0 Å². The lowest BCUT2D eigenvalue weighted by Gasteiger charge is -2.22. The second-order valence-corrected chi connectivity index (χ2v) is 5.37. The average Bonchev–Trinajstić information content (AvgIpc) is 2.68. The number of nitrogens with zero attached hydrogens (tertiary/aromatic N) is 1. The van der Waals surface area contributed by atoms with E-state index >= 15 is 0 Å². The van der Waals surface area contributed by atoms with Gasteiger partial charge in [-0.05, 0) is 31.5 Å². The maximum Gasteiger partial charge on any atom is 0.387 e. The second-order valence-electron chi connectivity index (χ2n) is 5.37. The molecule has 0 radical (unpaired) electrons. The van der Waals surface area contributed by atoms with E-state index in [9.17, 15) is 23.2 Å². The lowest BCUT2D eigenvalue weighted by atomic mass is 9.92. The van der Waals surface area contributed by atoms with Crippen molar-refractivity contribution in [1.82, 2.24) is 10.2 Å². The molecule has 1 atom stereocenters. The van der Waals surface area contributed by atoms with Crippen LogP contribution in [-0.4, -0.2) is 35.8 Å². The van der Waals surface area contributed by atoms with Gasteiger partial charge in [0.2, 0.25) is 0 Å². The Morgan fingerprint density at radius 3 is 2.43 bits per heavy atom. The third-order valence-corrected chi connectivity index (χ3v) is 3.62. The number of hydrogen-bond donors (Lipinski definition) is 1. The number of Topliss-reactive ketones (excluding diaryl/α,β-unsaturated/α-hetero) is 1. The molecule has 8 heteroatoms. The highest BCUT2D eigenvalue weighted by Crippen LogP contribution is 2.30. The van der Waals surface area contributed by atoms with Crippen LogP contribution in [0.15, 0.2) is 24.3 Å². The normalized spacial score (nSPS) is 20.8. The summed E-state index contributed by atoms with van der Waals surface area (Å²) in [5.41, 5.74) is -0.875. The van der Waals surface area contributed by atoms with Crippen molar-refractivity contribution < 1.29 is 27.9 Å². The number of halogens is 2. The molecule has 1 aliphatic heterocycles. The Kier molecular flexibility index (Phi) is 4.63. The summed E-state index contributed by atoms with van der Waals surface area (Å²) in [6.45, 7) is -0.0442. The third-order valence-electron chi connectivity index (χ3n) is 3.62. The van der Waals surface area contributed by atoms with Crippen molar-refractivity contribution in [1.29, 1.82) is 0 Å². The molecule has 6 nitrogen and oxygen atoms in total. The monoisotopic (exact) mass is 326 g/mol.